The number of carbonyl (C=O) groups excluding carboxylic acids is 3. The molecule has 28 heavy (non-hydrogen) atoms. The molecule has 0 aliphatic carbocycles. The second-order valence-electron chi connectivity index (χ2n) is 6.86. The molecule has 0 spiro atoms. The summed E-state index contributed by atoms with van der Waals surface area (Å²) in [6, 6.07) is 9.14. The number of hydrogen-bond donors (Lipinski definition) is 1. The van der Waals surface area contributed by atoms with Gasteiger partial charge < -0.3 is 19.4 Å². The zero-order valence-electron chi connectivity index (χ0n) is 16.3. The number of esters is 2. The van der Waals surface area contributed by atoms with Crippen LogP contribution in [0.1, 0.15) is 31.1 Å². The van der Waals surface area contributed by atoms with Gasteiger partial charge in [-0.05, 0) is 18.9 Å². The smallest absolute Gasteiger partial charge is 0.340 e. The monoisotopic (exact) mass is 385 g/mol. The van der Waals surface area contributed by atoms with Gasteiger partial charge in [0.1, 0.15) is 12.1 Å². The summed E-state index contributed by atoms with van der Waals surface area (Å²) < 4.78 is 11.4. The molecule has 1 aromatic heterocycles. The quantitative estimate of drug-likeness (QED) is 0.730. The molecule has 8 nitrogen and oxygen atoms in total. The maximum Gasteiger partial charge on any atom is 0.340 e. The van der Waals surface area contributed by atoms with Crippen LogP contribution >= 0.6 is 0 Å². The topological polar surface area (TPSA) is 110 Å². The van der Waals surface area contributed by atoms with Crippen molar-refractivity contribution in [3.63, 3.8) is 0 Å². The summed E-state index contributed by atoms with van der Waals surface area (Å²) in [5.41, 5.74) is -0.0400. The lowest BCUT2D eigenvalue weighted by Crippen LogP contribution is -2.50. The zero-order valence-corrected chi connectivity index (χ0v) is 16.3. The Bertz CT molecular complexity index is 941. The fourth-order valence-electron chi connectivity index (χ4n) is 2.61. The molecule has 1 N–H and O–H groups in total. The number of hydrogen-bond acceptors (Lipinski definition) is 6. The molecular weight excluding hydrogens is 362 g/mol. The van der Waals surface area contributed by atoms with Crippen molar-refractivity contribution in [2.45, 2.75) is 32.9 Å². The SMILES string of the molecule is COC(=O)c1cn(CC(=O)OCC(=O)N[C@@](C)(C#N)C(C)C)c2ccccc12. The Morgan fingerprint density at radius 2 is 1.96 bits per heavy atom. The molecule has 0 aliphatic heterocycles. The van der Waals surface area contributed by atoms with Crippen LogP contribution in [0.4, 0.5) is 0 Å². The number of nitrogens with one attached hydrogen (secondary N) is 1. The van der Waals surface area contributed by atoms with Gasteiger partial charge >= 0.3 is 11.9 Å². The Balaban J connectivity index is 2.05. The van der Waals surface area contributed by atoms with Gasteiger partial charge in [0.15, 0.2) is 6.61 Å². The van der Waals surface area contributed by atoms with Crippen LogP contribution in [-0.2, 0) is 25.6 Å². The molecule has 1 amide bonds. The minimum atomic E-state index is -1.05. The van der Waals surface area contributed by atoms with Crippen molar-refractivity contribution in [2.24, 2.45) is 5.92 Å². The number of nitrogens with zero attached hydrogens (tertiary/aromatic N) is 2. The van der Waals surface area contributed by atoms with E-state index in [2.05, 4.69) is 11.4 Å². The summed E-state index contributed by atoms with van der Waals surface area (Å²) in [6.07, 6.45) is 1.52. The number of aromatic nitrogens is 1. The number of carbonyl (C=O) groups is 3. The molecule has 0 aliphatic rings. The second kappa shape index (κ2) is 8.57. The standard InChI is InChI=1S/C20H23N3O5/c1-13(2)20(3,12-21)22-17(24)11-28-18(25)10-23-9-15(19(26)27-4)14-7-5-6-8-16(14)23/h5-9,13H,10-11H2,1-4H3,(H,22,24)/t20-/m0/s1. The maximum atomic E-state index is 12.2. The summed E-state index contributed by atoms with van der Waals surface area (Å²) in [7, 11) is 1.29. The number of nitriles is 1. The molecule has 0 radical (unpaired) electrons. The van der Waals surface area contributed by atoms with Crippen LogP contribution in [0.3, 0.4) is 0 Å². The Labute approximate surface area is 163 Å². The maximum absolute atomic E-state index is 12.2. The molecule has 0 saturated carbocycles. The highest BCUT2D eigenvalue weighted by Crippen LogP contribution is 2.22. The van der Waals surface area contributed by atoms with E-state index in [1.807, 2.05) is 13.8 Å². The first-order valence-corrected chi connectivity index (χ1v) is 8.76. The van der Waals surface area contributed by atoms with Crippen LogP contribution < -0.4 is 5.32 Å². The van der Waals surface area contributed by atoms with Crippen molar-refractivity contribution in [1.29, 1.82) is 5.26 Å². The Morgan fingerprint density at radius 3 is 2.57 bits per heavy atom. The minimum Gasteiger partial charge on any atom is -0.465 e. The number of fused-ring (bicyclic) bond motifs is 1. The van der Waals surface area contributed by atoms with Gasteiger partial charge in [-0.25, -0.2) is 4.79 Å². The second-order valence-corrected chi connectivity index (χ2v) is 6.86. The highest BCUT2D eigenvalue weighted by atomic mass is 16.5. The van der Waals surface area contributed by atoms with E-state index in [9.17, 15) is 19.6 Å². The van der Waals surface area contributed by atoms with Crippen LogP contribution in [0.15, 0.2) is 30.5 Å². The van der Waals surface area contributed by atoms with E-state index in [0.717, 1.165) is 0 Å². The van der Waals surface area contributed by atoms with Crippen molar-refractivity contribution >= 4 is 28.7 Å². The first-order valence-electron chi connectivity index (χ1n) is 8.76. The number of para-hydroxylation sites is 1. The molecule has 0 unspecified atom stereocenters. The number of rotatable bonds is 7. The summed E-state index contributed by atoms with van der Waals surface area (Å²) in [6.45, 7) is 4.56. The highest BCUT2D eigenvalue weighted by molar-refractivity contribution is 6.04. The number of amides is 1. The van der Waals surface area contributed by atoms with Gasteiger partial charge in [-0.3, -0.25) is 9.59 Å². The molecule has 0 fully saturated rings. The third-order valence-corrected chi connectivity index (χ3v) is 4.64. The molecule has 1 aromatic carbocycles. The Hall–Kier alpha value is -3.34. The van der Waals surface area contributed by atoms with Crippen LogP contribution in [0, 0.1) is 17.2 Å². The summed E-state index contributed by atoms with van der Waals surface area (Å²) in [5, 5.41) is 12.5. The third kappa shape index (κ3) is 4.49. The van der Waals surface area contributed by atoms with Crippen molar-refractivity contribution in [2.75, 3.05) is 13.7 Å². The normalized spacial score (nSPS) is 12.9. The van der Waals surface area contributed by atoms with Gasteiger partial charge in [0.2, 0.25) is 0 Å². The van der Waals surface area contributed by atoms with Crippen molar-refractivity contribution in [1.82, 2.24) is 9.88 Å². The van der Waals surface area contributed by atoms with Crippen molar-refractivity contribution in [3.8, 4) is 6.07 Å². The van der Waals surface area contributed by atoms with Gasteiger partial charge in [0.25, 0.3) is 5.91 Å². The summed E-state index contributed by atoms with van der Waals surface area (Å²) in [4.78, 5) is 36.1. The molecule has 2 rings (SSSR count). The molecular formula is C20H23N3O5. The summed E-state index contributed by atoms with van der Waals surface area (Å²) >= 11 is 0. The van der Waals surface area contributed by atoms with E-state index in [1.165, 1.54) is 13.3 Å². The number of methoxy groups -OCH3 is 1. The van der Waals surface area contributed by atoms with Crippen LogP contribution in [-0.4, -0.2) is 41.7 Å². The third-order valence-electron chi connectivity index (χ3n) is 4.64. The predicted octanol–water partition coefficient (Wildman–Crippen LogP) is 2.03. The van der Waals surface area contributed by atoms with E-state index in [-0.39, 0.29) is 12.5 Å². The lowest BCUT2D eigenvalue weighted by molar-refractivity contribution is -0.149. The van der Waals surface area contributed by atoms with Crippen LogP contribution in [0.25, 0.3) is 10.9 Å². The number of benzene rings is 1. The van der Waals surface area contributed by atoms with E-state index in [1.54, 1.807) is 35.8 Å². The average molecular weight is 385 g/mol. The van der Waals surface area contributed by atoms with E-state index < -0.39 is 30.0 Å². The van der Waals surface area contributed by atoms with Crippen molar-refractivity contribution < 1.29 is 23.9 Å². The molecule has 1 atom stereocenters. The van der Waals surface area contributed by atoms with E-state index in [4.69, 9.17) is 9.47 Å². The van der Waals surface area contributed by atoms with Gasteiger partial charge in [0, 0.05) is 17.1 Å². The summed E-state index contributed by atoms with van der Waals surface area (Å²) in [5.74, 6) is -1.82. The Kier molecular flexibility index (Phi) is 6.41. The zero-order chi connectivity index (χ0) is 20.9. The fourth-order valence-corrected chi connectivity index (χ4v) is 2.61. The van der Waals surface area contributed by atoms with E-state index in [0.29, 0.717) is 16.5 Å². The molecule has 0 saturated heterocycles. The highest BCUT2D eigenvalue weighted by Gasteiger charge is 2.30. The van der Waals surface area contributed by atoms with Gasteiger partial charge in [-0.15, -0.1) is 0 Å². The molecule has 1 heterocycles. The average Bonchev–Trinajstić information content (AvgIpc) is 3.04. The minimum absolute atomic E-state index is 0.111. The van der Waals surface area contributed by atoms with Gasteiger partial charge in [0.05, 0.1) is 18.7 Å². The van der Waals surface area contributed by atoms with Crippen LogP contribution in [0.5, 0.6) is 0 Å². The first-order chi connectivity index (χ1) is 13.2. The lowest BCUT2D eigenvalue weighted by atomic mass is 9.90. The fraction of sp³-hybridized carbons (Fsp3) is 0.400. The number of ether oxygens (including phenoxy) is 2. The molecule has 0 bridgehead atoms. The van der Waals surface area contributed by atoms with Gasteiger partial charge in [-0.2, -0.15) is 5.26 Å². The Morgan fingerprint density at radius 1 is 1.29 bits per heavy atom. The molecule has 8 heteroatoms. The van der Waals surface area contributed by atoms with Crippen molar-refractivity contribution in [3.05, 3.63) is 36.0 Å². The predicted molar refractivity (Wildman–Crippen MR) is 101 cm³/mol. The van der Waals surface area contributed by atoms with E-state index >= 15 is 0 Å². The van der Waals surface area contributed by atoms with Gasteiger partial charge in [-0.1, -0.05) is 32.0 Å². The molecule has 148 valence electrons. The first kappa shape index (κ1) is 21.0. The van der Waals surface area contributed by atoms with Crippen LogP contribution in [0.2, 0.25) is 0 Å². The lowest BCUT2D eigenvalue weighted by Gasteiger charge is -2.27. The largest absolute Gasteiger partial charge is 0.465 e. The molecule has 2 aromatic rings.